The van der Waals surface area contributed by atoms with Crippen LogP contribution < -0.4 is 5.32 Å². The molecule has 0 aromatic rings. The molecule has 0 saturated carbocycles. The molecule has 0 aromatic carbocycles. The van der Waals surface area contributed by atoms with Gasteiger partial charge in [0.1, 0.15) is 0 Å². The summed E-state index contributed by atoms with van der Waals surface area (Å²) in [6, 6.07) is 0.378. The molecule has 0 aliphatic carbocycles. The number of amides is 1. The van der Waals surface area contributed by atoms with Crippen molar-refractivity contribution in [1.29, 1.82) is 0 Å². The molecule has 0 aromatic heterocycles. The van der Waals surface area contributed by atoms with Crippen molar-refractivity contribution in [1.82, 2.24) is 5.32 Å². The van der Waals surface area contributed by atoms with E-state index in [1.54, 1.807) is 0 Å². The summed E-state index contributed by atoms with van der Waals surface area (Å²) < 4.78 is 0. The average molecular weight is 155 g/mol. The predicted molar refractivity (Wildman–Crippen MR) is 45.2 cm³/mol. The van der Waals surface area contributed by atoms with Crippen LogP contribution in [0.2, 0.25) is 0 Å². The number of hydrogen-bond donors (Lipinski definition) is 1. The van der Waals surface area contributed by atoms with E-state index < -0.39 is 0 Å². The molecule has 2 nitrogen and oxygen atoms in total. The summed E-state index contributed by atoms with van der Waals surface area (Å²) in [4.78, 5) is 11.0. The van der Waals surface area contributed by atoms with Crippen molar-refractivity contribution in [3.63, 3.8) is 0 Å². The van der Waals surface area contributed by atoms with Crippen LogP contribution in [0.4, 0.5) is 0 Å². The topological polar surface area (TPSA) is 29.1 Å². The van der Waals surface area contributed by atoms with Gasteiger partial charge in [0.25, 0.3) is 0 Å². The molecule has 2 heteroatoms. The second-order valence-corrected chi connectivity index (χ2v) is 4.38. The van der Waals surface area contributed by atoms with Gasteiger partial charge in [-0.1, -0.05) is 20.8 Å². The first kappa shape index (κ1) is 8.57. The molecule has 0 unspecified atom stereocenters. The fourth-order valence-electron chi connectivity index (χ4n) is 1.45. The van der Waals surface area contributed by atoms with Crippen molar-refractivity contribution >= 4 is 5.91 Å². The number of hydrogen-bond acceptors (Lipinski definition) is 1. The number of carbonyl (C=O) groups excluding carboxylic acids is 1. The second kappa shape index (κ2) is 2.84. The summed E-state index contributed by atoms with van der Waals surface area (Å²) in [5.41, 5.74) is 0.218. The fourth-order valence-corrected chi connectivity index (χ4v) is 1.45. The van der Waals surface area contributed by atoms with Crippen LogP contribution in [0.5, 0.6) is 0 Å². The van der Waals surface area contributed by atoms with Crippen molar-refractivity contribution < 1.29 is 4.79 Å². The van der Waals surface area contributed by atoms with Crippen molar-refractivity contribution in [3.8, 4) is 0 Å². The summed E-state index contributed by atoms with van der Waals surface area (Å²) in [6.07, 6.45) is 2.90. The zero-order chi connectivity index (χ0) is 8.48. The summed E-state index contributed by atoms with van der Waals surface area (Å²) in [6.45, 7) is 6.51. The Hall–Kier alpha value is -0.530. The molecule has 1 fully saturated rings. The van der Waals surface area contributed by atoms with Crippen LogP contribution in [0.1, 0.15) is 40.0 Å². The highest BCUT2D eigenvalue weighted by Crippen LogP contribution is 2.25. The zero-order valence-corrected chi connectivity index (χ0v) is 7.61. The molecular formula is C9H17NO. The van der Waals surface area contributed by atoms with Crippen LogP contribution >= 0.6 is 0 Å². The van der Waals surface area contributed by atoms with Gasteiger partial charge in [0.15, 0.2) is 0 Å². The van der Waals surface area contributed by atoms with E-state index in [1.807, 2.05) is 0 Å². The van der Waals surface area contributed by atoms with E-state index in [1.165, 1.54) is 0 Å². The lowest BCUT2D eigenvalue weighted by molar-refractivity contribution is -0.124. The maximum atomic E-state index is 11.0. The third-order valence-corrected chi connectivity index (χ3v) is 2.28. The van der Waals surface area contributed by atoms with Gasteiger partial charge in [0.2, 0.25) is 5.91 Å². The minimum Gasteiger partial charge on any atom is -0.353 e. The van der Waals surface area contributed by atoms with Gasteiger partial charge in [-0.15, -0.1) is 0 Å². The highest BCUT2D eigenvalue weighted by atomic mass is 16.1. The summed E-state index contributed by atoms with van der Waals surface area (Å²) in [5, 5.41) is 3.02. The van der Waals surface area contributed by atoms with Gasteiger partial charge in [-0.05, 0) is 18.3 Å². The molecule has 1 N–H and O–H groups in total. The molecule has 0 bridgehead atoms. The summed E-state index contributed by atoms with van der Waals surface area (Å²) >= 11 is 0. The smallest absolute Gasteiger partial charge is 0.220 e. The molecule has 1 amide bonds. The number of rotatable bonds is 0. The van der Waals surface area contributed by atoms with Crippen molar-refractivity contribution in [3.05, 3.63) is 0 Å². The van der Waals surface area contributed by atoms with Gasteiger partial charge >= 0.3 is 0 Å². The molecule has 1 rings (SSSR count). The van der Waals surface area contributed by atoms with E-state index in [4.69, 9.17) is 0 Å². The van der Waals surface area contributed by atoms with Crippen LogP contribution in [0, 0.1) is 5.41 Å². The molecule has 1 heterocycles. The number of piperidine rings is 1. The lowest BCUT2D eigenvalue weighted by atomic mass is 9.82. The molecule has 0 spiro atoms. The molecule has 1 aliphatic rings. The Balaban J connectivity index is 2.53. The fraction of sp³-hybridized carbons (Fsp3) is 0.889. The van der Waals surface area contributed by atoms with Crippen LogP contribution in [0.15, 0.2) is 0 Å². The Bertz CT molecular complexity index is 157. The normalized spacial score (nSPS) is 26.5. The number of nitrogens with one attached hydrogen (secondary N) is 1. The second-order valence-electron chi connectivity index (χ2n) is 4.38. The predicted octanol–water partition coefficient (Wildman–Crippen LogP) is 1.70. The largest absolute Gasteiger partial charge is 0.353 e. The van der Waals surface area contributed by atoms with Gasteiger partial charge in [-0.3, -0.25) is 4.79 Å². The minimum absolute atomic E-state index is 0.218. The Labute approximate surface area is 68.4 Å². The van der Waals surface area contributed by atoms with Crippen molar-refractivity contribution in [2.24, 2.45) is 5.41 Å². The van der Waals surface area contributed by atoms with E-state index in [0.717, 1.165) is 12.8 Å². The quantitative estimate of drug-likeness (QED) is 0.567. The molecule has 1 saturated heterocycles. The highest BCUT2D eigenvalue weighted by molar-refractivity contribution is 5.77. The average Bonchev–Trinajstić information content (AvgIpc) is 1.86. The molecular weight excluding hydrogens is 138 g/mol. The third kappa shape index (κ3) is 2.21. The Kier molecular flexibility index (Phi) is 2.21. The van der Waals surface area contributed by atoms with Crippen LogP contribution in [-0.4, -0.2) is 11.9 Å². The molecule has 0 radical (unpaired) electrons. The molecule has 1 atom stereocenters. The van der Waals surface area contributed by atoms with Crippen LogP contribution in [0.3, 0.4) is 0 Å². The standard InChI is InChI=1S/C9H17NO/c1-9(2,3)7-5-4-6-8(11)10-7/h7H,4-6H2,1-3H3,(H,10,11)/t7-/m1/s1. The highest BCUT2D eigenvalue weighted by Gasteiger charge is 2.28. The van der Waals surface area contributed by atoms with Gasteiger partial charge < -0.3 is 5.32 Å². The Morgan fingerprint density at radius 2 is 2.09 bits per heavy atom. The van der Waals surface area contributed by atoms with E-state index >= 15 is 0 Å². The van der Waals surface area contributed by atoms with E-state index in [0.29, 0.717) is 12.5 Å². The maximum Gasteiger partial charge on any atom is 0.220 e. The maximum absolute atomic E-state index is 11.0. The first-order chi connectivity index (χ1) is 5.00. The first-order valence-electron chi connectivity index (χ1n) is 4.29. The summed E-state index contributed by atoms with van der Waals surface area (Å²) in [7, 11) is 0. The van der Waals surface area contributed by atoms with Gasteiger partial charge in [0, 0.05) is 12.5 Å². The lowest BCUT2D eigenvalue weighted by Crippen LogP contribution is -2.46. The van der Waals surface area contributed by atoms with E-state index in [-0.39, 0.29) is 11.3 Å². The Morgan fingerprint density at radius 3 is 2.45 bits per heavy atom. The van der Waals surface area contributed by atoms with Crippen LogP contribution in [0.25, 0.3) is 0 Å². The summed E-state index contributed by atoms with van der Waals surface area (Å²) in [5.74, 6) is 0.219. The van der Waals surface area contributed by atoms with Crippen molar-refractivity contribution in [2.45, 2.75) is 46.1 Å². The SMILES string of the molecule is CC(C)(C)[C@H]1CCCC(=O)N1. The van der Waals surface area contributed by atoms with E-state index in [2.05, 4.69) is 26.1 Å². The van der Waals surface area contributed by atoms with Crippen molar-refractivity contribution in [2.75, 3.05) is 0 Å². The van der Waals surface area contributed by atoms with Gasteiger partial charge in [0.05, 0.1) is 0 Å². The molecule has 1 aliphatic heterocycles. The number of carbonyl (C=O) groups is 1. The molecule has 11 heavy (non-hydrogen) atoms. The van der Waals surface area contributed by atoms with Crippen LogP contribution in [-0.2, 0) is 4.79 Å². The van der Waals surface area contributed by atoms with Gasteiger partial charge in [-0.2, -0.15) is 0 Å². The zero-order valence-electron chi connectivity index (χ0n) is 7.61. The monoisotopic (exact) mass is 155 g/mol. The minimum atomic E-state index is 0.218. The van der Waals surface area contributed by atoms with E-state index in [9.17, 15) is 4.79 Å². The third-order valence-electron chi connectivity index (χ3n) is 2.28. The lowest BCUT2D eigenvalue weighted by Gasteiger charge is -2.34. The Morgan fingerprint density at radius 1 is 1.45 bits per heavy atom. The molecule has 64 valence electrons. The van der Waals surface area contributed by atoms with Gasteiger partial charge in [-0.25, -0.2) is 0 Å². The first-order valence-corrected chi connectivity index (χ1v) is 4.29.